The molecule has 0 unspecified atom stereocenters. The van der Waals surface area contributed by atoms with E-state index in [1.807, 2.05) is 23.3 Å². The van der Waals surface area contributed by atoms with Crippen molar-refractivity contribution in [3.63, 3.8) is 0 Å². The van der Waals surface area contributed by atoms with E-state index in [0.29, 0.717) is 24.8 Å². The molecule has 0 radical (unpaired) electrons. The first-order valence-corrected chi connectivity index (χ1v) is 11.6. The average molecular weight is 430 g/mol. The van der Waals surface area contributed by atoms with E-state index in [1.165, 1.54) is 17.7 Å². The van der Waals surface area contributed by atoms with Gasteiger partial charge in [-0.3, -0.25) is 14.7 Å². The monoisotopic (exact) mass is 429 g/mol. The molecule has 30 heavy (non-hydrogen) atoms. The van der Waals surface area contributed by atoms with Crippen molar-refractivity contribution in [3.8, 4) is 0 Å². The number of carbonyl (C=O) groups excluding carboxylic acids is 1. The molecule has 4 heterocycles. The lowest BCUT2D eigenvalue weighted by Gasteiger charge is -2.37. The standard InChI is InChI=1S/C22H31N5O2S/c1-23-22(27-12-10-26(11-13-27)21(28)20-5-2-14-29-20)24-16-18-6-8-25(9-7-18)17-19-4-3-15-30-19/h2-5,14-15,18H,6-13,16-17H2,1H3,(H,23,24). The van der Waals surface area contributed by atoms with Gasteiger partial charge in [0.2, 0.25) is 0 Å². The van der Waals surface area contributed by atoms with Gasteiger partial charge in [-0.25, -0.2) is 0 Å². The summed E-state index contributed by atoms with van der Waals surface area (Å²) in [5.41, 5.74) is 0. The molecule has 0 spiro atoms. The highest BCUT2D eigenvalue weighted by atomic mass is 32.1. The predicted octanol–water partition coefficient (Wildman–Crippen LogP) is 2.59. The Kier molecular flexibility index (Phi) is 7.07. The lowest BCUT2D eigenvalue weighted by atomic mass is 9.97. The number of furan rings is 1. The van der Waals surface area contributed by atoms with Gasteiger partial charge >= 0.3 is 0 Å². The Bertz CT molecular complexity index is 805. The highest BCUT2D eigenvalue weighted by molar-refractivity contribution is 7.09. The van der Waals surface area contributed by atoms with Gasteiger partial charge in [0.05, 0.1) is 6.26 Å². The number of thiophene rings is 1. The summed E-state index contributed by atoms with van der Waals surface area (Å²) < 4.78 is 5.24. The zero-order chi connectivity index (χ0) is 20.8. The summed E-state index contributed by atoms with van der Waals surface area (Å²) in [4.78, 5) is 25.0. The van der Waals surface area contributed by atoms with Crippen LogP contribution in [0.15, 0.2) is 45.3 Å². The number of carbonyl (C=O) groups is 1. The molecule has 4 rings (SSSR count). The van der Waals surface area contributed by atoms with Crippen molar-refractivity contribution >= 4 is 23.2 Å². The number of nitrogens with zero attached hydrogens (tertiary/aromatic N) is 4. The number of piperidine rings is 1. The van der Waals surface area contributed by atoms with E-state index in [2.05, 4.69) is 37.6 Å². The maximum Gasteiger partial charge on any atom is 0.289 e. The molecule has 8 heteroatoms. The molecule has 2 fully saturated rings. The molecule has 0 atom stereocenters. The van der Waals surface area contributed by atoms with Crippen LogP contribution in [0.4, 0.5) is 0 Å². The number of likely N-dealkylation sites (tertiary alicyclic amines) is 1. The van der Waals surface area contributed by atoms with E-state index < -0.39 is 0 Å². The Hall–Kier alpha value is -2.32. The minimum absolute atomic E-state index is 0.0306. The average Bonchev–Trinajstić information content (AvgIpc) is 3.50. The molecular formula is C22H31N5O2S. The van der Waals surface area contributed by atoms with Crippen molar-refractivity contribution in [1.29, 1.82) is 0 Å². The lowest BCUT2D eigenvalue weighted by Crippen LogP contribution is -2.54. The molecule has 2 aromatic heterocycles. The summed E-state index contributed by atoms with van der Waals surface area (Å²) in [5, 5.41) is 5.74. The predicted molar refractivity (Wildman–Crippen MR) is 120 cm³/mol. The molecular weight excluding hydrogens is 398 g/mol. The second-order valence-electron chi connectivity index (χ2n) is 7.98. The van der Waals surface area contributed by atoms with Gasteiger partial charge in [0.25, 0.3) is 5.91 Å². The van der Waals surface area contributed by atoms with Crippen LogP contribution in [0.25, 0.3) is 0 Å². The molecule has 1 amide bonds. The fourth-order valence-corrected chi connectivity index (χ4v) is 4.96. The van der Waals surface area contributed by atoms with Gasteiger partial charge in [0, 0.05) is 51.2 Å². The van der Waals surface area contributed by atoms with Crippen LogP contribution in [0.3, 0.4) is 0 Å². The smallest absolute Gasteiger partial charge is 0.289 e. The Balaban J connectivity index is 1.18. The van der Waals surface area contributed by atoms with Gasteiger partial charge in [0.1, 0.15) is 0 Å². The van der Waals surface area contributed by atoms with Crippen LogP contribution in [0.5, 0.6) is 0 Å². The number of amides is 1. The van der Waals surface area contributed by atoms with Gasteiger partial charge in [0.15, 0.2) is 11.7 Å². The summed E-state index contributed by atoms with van der Waals surface area (Å²) in [5.74, 6) is 2.01. The van der Waals surface area contributed by atoms with Crippen LogP contribution in [-0.4, -0.2) is 79.4 Å². The Morgan fingerprint density at radius 1 is 1.13 bits per heavy atom. The number of piperazine rings is 1. The fraction of sp³-hybridized carbons (Fsp3) is 0.545. The maximum absolute atomic E-state index is 12.4. The van der Waals surface area contributed by atoms with Crippen LogP contribution < -0.4 is 5.32 Å². The SMILES string of the molecule is CN=C(NCC1CCN(Cc2cccs2)CC1)N1CCN(C(=O)c2ccco2)CC1. The molecule has 2 aliphatic rings. The van der Waals surface area contributed by atoms with Crippen molar-refractivity contribution < 1.29 is 9.21 Å². The first-order valence-electron chi connectivity index (χ1n) is 10.8. The third-order valence-electron chi connectivity index (χ3n) is 6.03. The van der Waals surface area contributed by atoms with Crippen molar-refractivity contribution in [2.45, 2.75) is 19.4 Å². The van der Waals surface area contributed by atoms with Gasteiger partial charge in [-0.1, -0.05) is 6.07 Å². The normalized spacial score (nSPS) is 19.3. The molecule has 0 aromatic carbocycles. The Labute approximate surface area is 182 Å². The van der Waals surface area contributed by atoms with Crippen molar-refractivity contribution in [3.05, 3.63) is 46.5 Å². The largest absolute Gasteiger partial charge is 0.459 e. The van der Waals surface area contributed by atoms with E-state index in [9.17, 15) is 4.79 Å². The first-order chi connectivity index (χ1) is 14.7. The molecule has 7 nitrogen and oxygen atoms in total. The minimum Gasteiger partial charge on any atom is -0.459 e. The van der Waals surface area contributed by atoms with Gasteiger partial charge in [-0.15, -0.1) is 11.3 Å². The molecule has 0 bridgehead atoms. The summed E-state index contributed by atoms with van der Waals surface area (Å²) in [7, 11) is 1.84. The quantitative estimate of drug-likeness (QED) is 0.585. The molecule has 0 aliphatic carbocycles. The van der Waals surface area contributed by atoms with E-state index in [0.717, 1.165) is 45.2 Å². The number of rotatable bonds is 5. The number of hydrogen-bond acceptors (Lipinski definition) is 5. The summed E-state index contributed by atoms with van der Waals surface area (Å²) in [6.45, 7) is 7.30. The highest BCUT2D eigenvalue weighted by Gasteiger charge is 2.26. The van der Waals surface area contributed by atoms with Crippen LogP contribution >= 0.6 is 11.3 Å². The summed E-state index contributed by atoms with van der Waals surface area (Å²) >= 11 is 1.85. The second kappa shape index (κ2) is 10.1. The lowest BCUT2D eigenvalue weighted by molar-refractivity contribution is 0.0657. The Morgan fingerprint density at radius 2 is 1.90 bits per heavy atom. The number of hydrogen-bond donors (Lipinski definition) is 1. The zero-order valence-corrected chi connectivity index (χ0v) is 18.4. The molecule has 2 aliphatic heterocycles. The van der Waals surface area contributed by atoms with Crippen LogP contribution in [0, 0.1) is 5.92 Å². The first kappa shape index (κ1) is 20.9. The number of aliphatic imine (C=N–C) groups is 1. The van der Waals surface area contributed by atoms with Gasteiger partial charge < -0.3 is 19.5 Å². The number of nitrogens with one attached hydrogen (secondary N) is 1. The highest BCUT2D eigenvalue weighted by Crippen LogP contribution is 2.20. The van der Waals surface area contributed by atoms with E-state index in [1.54, 1.807) is 18.4 Å². The third-order valence-corrected chi connectivity index (χ3v) is 6.89. The second-order valence-corrected chi connectivity index (χ2v) is 9.02. The van der Waals surface area contributed by atoms with E-state index in [-0.39, 0.29) is 5.91 Å². The zero-order valence-electron chi connectivity index (χ0n) is 17.6. The van der Waals surface area contributed by atoms with Crippen LogP contribution in [0.2, 0.25) is 0 Å². The Morgan fingerprint density at radius 3 is 2.53 bits per heavy atom. The molecule has 162 valence electrons. The van der Waals surface area contributed by atoms with Gasteiger partial charge in [-0.2, -0.15) is 0 Å². The van der Waals surface area contributed by atoms with Crippen LogP contribution in [0.1, 0.15) is 28.3 Å². The van der Waals surface area contributed by atoms with Crippen molar-refractivity contribution in [2.75, 3.05) is 52.9 Å². The molecule has 0 saturated carbocycles. The summed E-state index contributed by atoms with van der Waals surface area (Å²) in [6, 6.07) is 7.84. The minimum atomic E-state index is -0.0306. The number of guanidine groups is 1. The maximum atomic E-state index is 12.4. The molecule has 2 saturated heterocycles. The third kappa shape index (κ3) is 5.23. The summed E-state index contributed by atoms with van der Waals surface area (Å²) in [6.07, 6.45) is 3.99. The van der Waals surface area contributed by atoms with Crippen molar-refractivity contribution in [1.82, 2.24) is 20.0 Å². The van der Waals surface area contributed by atoms with Gasteiger partial charge in [-0.05, 0) is 55.4 Å². The molecule has 2 aromatic rings. The van der Waals surface area contributed by atoms with Crippen molar-refractivity contribution in [2.24, 2.45) is 10.9 Å². The van der Waals surface area contributed by atoms with E-state index in [4.69, 9.17) is 4.42 Å². The van der Waals surface area contributed by atoms with E-state index >= 15 is 0 Å². The molecule has 1 N–H and O–H groups in total. The fourth-order valence-electron chi connectivity index (χ4n) is 4.22. The topological polar surface area (TPSA) is 64.3 Å². The van der Waals surface area contributed by atoms with Crippen LogP contribution in [-0.2, 0) is 6.54 Å².